The zero-order valence-electron chi connectivity index (χ0n) is 46.4. The highest BCUT2D eigenvalue weighted by Gasteiger charge is 2.71. The predicted octanol–water partition coefficient (Wildman–Crippen LogP) is 5.51. The molecule has 21 nitrogen and oxygen atoms in total. The number of carbonyl (C=O) groups excluding carboxylic acids is 6. The fraction of sp³-hybridized carbons (Fsp3) is 0.891. The third kappa shape index (κ3) is 12.2. The van der Waals surface area contributed by atoms with Gasteiger partial charge in [0.1, 0.15) is 37.7 Å². The van der Waals surface area contributed by atoms with Gasteiger partial charge in [0.2, 0.25) is 0 Å². The lowest BCUT2D eigenvalue weighted by molar-refractivity contribution is -0.368. The third-order valence-electron chi connectivity index (χ3n) is 18.2. The van der Waals surface area contributed by atoms with E-state index in [-0.39, 0.29) is 73.3 Å². The zero-order valence-corrected chi connectivity index (χ0v) is 46.4. The molecular weight excluding hydrogens is 997 g/mol. The van der Waals surface area contributed by atoms with Crippen LogP contribution in [0.2, 0.25) is 0 Å². The van der Waals surface area contributed by atoms with Crippen molar-refractivity contribution in [3.8, 4) is 0 Å². The first kappa shape index (κ1) is 58.8. The Balaban J connectivity index is 1.04. The zero-order chi connectivity index (χ0) is 54.9. The van der Waals surface area contributed by atoms with Crippen LogP contribution in [0.3, 0.4) is 0 Å². The predicted molar refractivity (Wildman–Crippen MR) is 262 cm³/mol. The van der Waals surface area contributed by atoms with E-state index in [1.165, 1.54) is 13.8 Å². The first-order valence-electron chi connectivity index (χ1n) is 27.8. The van der Waals surface area contributed by atoms with Gasteiger partial charge in [0.05, 0.1) is 32.0 Å². The van der Waals surface area contributed by atoms with Crippen LogP contribution in [0.15, 0.2) is 0 Å². The van der Waals surface area contributed by atoms with Crippen LogP contribution in [0.5, 0.6) is 0 Å². The number of Topliss-reactive ketones (excluding diaryl/α,β-unsaturated/α-hetero) is 1. The van der Waals surface area contributed by atoms with E-state index >= 15 is 0 Å². The molecule has 21 heteroatoms. The maximum absolute atomic E-state index is 14.9. The molecule has 4 saturated heterocycles. The summed E-state index contributed by atoms with van der Waals surface area (Å²) in [4.78, 5) is 79.3. The summed E-state index contributed by atoms with van der Waals surface area (Å²) in [7, 11) is 0. The van der Waals surface area contributed by atoms with E-state index in [2.05, 4.69) is 27.7 Å². The summed E-state index contributed by atoms with van der Waals surface area (Å²) in [6.07, 6.45) is -7.50. The van der Waals surface area contributed by atoms with E-state index in [9.17, 15) is 28.8 Å². The van der Waals surface area contributed by atoms with Crippen LogP contribution in [0.4, 0.5) is 0 Å². The molecule has 430 valence electrons. The van der Waals surface area contributed by atoms with Crippen molar-refractivity contribution in [1.82, 2.24) is 0 Å². The van der Waals surface area contributed by atoms with Gasteiger partial charge >= 0.3 is 29.8 Å². The standard InChI is InChI=1S/C55H84O21/c1-12-62-26-64-24-41-45(67-30(5)56)47(68-31(6)57)50(71-34(9)60)52(74-41)75-46-42(25-65-27-63-13-2)73-51(49(70-33(8)59)48(46)69-32(7)58)72-36-17-18-53(10)35(20-36)14-15-37-38-21-40-43(54(38,11)22-39(61)44(37)53)29(4)55(76-40)19-16-28(3)23-66-55/h28-29,35-38,40-52H,12-27H2,1-11H3/t28-,29+,35+,36+,37+,38+,40?,41-,42-,43?,44-,45-,46-,47+,48+,49-,50-,51-,52+,53+,54+,55-/m1/s1. The molecule has 76 heavy (non-hydrogen) atoms. The fourth-order valence-corrected chi connectivity index (χ4v) is 15.2. The summed E-state index contributed by atoms with van der Waals surface area (Å²) < 4.78 is 91.9. The van der Waals surface area contributed by atoms with Crippen LogP contribution in [0.1, 0.15) is 134 Å². The van der Waals surface area contributed by atoms with Crippen LogP contribution in [0.25, 0.3) is 0 Å². The molecule has 4 aliphatic heterocycles. The second-order valence-electron chi connectivity index (χ2n) is 23.2. The quantitative estimate of drug-likeness (QED) is 0.0509. The summed E-state index contributed by atoms with van der Waals surface area (Å²) in [5.74, 6) is -2.56. The van der Waals surface area contributed by atoms with Crippen molar-refractivity contribution in [3.63, 3.8) is 0 Å². The van der Waals surface area contributed by atoms with Crippen molar-refractivity contribution in [2.45, 2.75) is 213 Å². The monoisotopic (exact) mass is 1080 g/mol. The van der Waals surface area contributed by atoms with Crippen molar-refractivity contribution in [3.05, 3.63) is 0 Å². The molecule has 4 heterocycles. The van der Waals surface area contributed by atoms with E-state index in [0.29, 0.717) is 63.1 Å². The number of hydrogen-bond donors (Lipinski definition) is 0. The summed E-state index contributed by atoms with van der Waals surface area (Å²) in [6, 6.07) is 0. The van der Waals surface area contributed by atoms with Gasteiger partial charge in [-0.25, -0.2) is 0 Å². The molecule has 2 unspecified atom stereocenters. The number of ether oxygens (including phenoxy) is 15. The molecule has 1 spiro atoms. The minimum absolute atomic E-state index is 0.0692. The highest BCUT2D eigenvalue weighted by Crippen LogP contribution is 2.70. The summed E-state index contributed by atoms with van der Waals surface area (Å²) >= 11 is 0. The van der Waals surface area contributed by atoms with E-state index in [4.69, 9.17) is 71.1 Å². The molecule has 0 radical (unpaired) electrons. The molecule has 8 aliphatic rings. The van der Waals surface area contributed by atoms with E-state index in [1.807, 2.05) is 0 Å². The lowest BCUT2D eigenvalue weighted by Crippen LogP contribution is -2.67. The Kier molecular flexibility index (Phi) is 19.0. The van der Waals surface area contributed by atoms with Crippen molar-refractivity contribution < 1.29 is 99.8 Å². The third-order valence-corrected chi connectivity index (χ3v) is 18.2. The van der Waals surface area contributed by atoms with Gasteiger partial charge in [0.25, 0.3) is 0 Å². The van der Waals surface area contributed by atoms with Gasteiger partial charge in [-0.2, -0.15) is 0 Å². The van der Waals surface area contributed by atoms with Crippen molar-refractivity contribution in [1.29, 1.82) is 0 Å². The molecule has 4 aliphatic carbocycles. The Morgan fingerprint density at radius 3 is 1.70 bits per heavy atom. The topological polar surface area (TPSA) is 241 Å². The molecule has 0 N–H and O–H groups in total. The van der Waals surface area contributed by atoms with Gasteiger partial charge in [-0.05, 0) is 99.2 Å². The number of ketones is 1. The average Bonchev–Trinajstić information content (AvgIpc) is 3.84. The van der Waals surface area contributed by atoms with Crippen LogP contribution in [0, 0.1) is 52.3 Å². The largest absolute Gasteiger partial charge is 0.456 e. The number of rotatable bonds is 19. The molecular formula is C55H84O21. The molecule has 8 fully saturated rings. The number of fused-ring (bicyclic) bond motifs is 7. The van der Waals surface area contributed by atoms with Crippen molar-refractivity contribution >= 4 is 35.6 Å². The minimum Gasteiger partial charge on any atom is -0.456 e. The molecule has 22 atom stereocenters. The molecule has 0 amide bonds. The molecule has 0 aromatic heterocycles. The van der Waals surface area contributed by atoms with Gasteiger partial charge in [-0.15, -0.1) is 0 Å². The first-order valence-corrected chi connectivity index (χ1v) is 27.8. The molecule has 0 aromatic carbocycles. The Morgan fingerprint density at radius 2 is 1.14 bits per heavy atom. The van der Waals surface area contributed by atoms with Gasteiger partial charge in [0.15, 0.2) is 48.9 Å². The Bertz CT molecular complexity index is 2060. The summed E-state index contributed by atoms with van der Waals surface area (Å²) in [5.41, 5.74) is -0.453. The molecule has 0 bridgehead atoms. The molecule has 4 saturated carbocycles. The van der Waals surface area contributed by atoms with Gasteiger partial charge in [0, 0.05) is 72.5 Å². The maximum atomic E-state index is 14.9. The van der Waals surface area contributed by atoms with E-state index in [1.54, 1.807) is 13.8 Å². The number of carbonyl (C=O) groups is 6. The van der Waals surface area contributed by atoms with Crippen LogP contribution >= 0.6 is 0 Å². The fourth-order valence-electron chi connectivity index (χ4n) is 15.2. The second-order valence-corrected chi connectivity index (χ2v) is 23.2. The SMILES string of the molecule is CCOCOC[C@H]1O[C@@H](O[C@H]2[C@H](OC(C)=O)[C@@H](OC(C)=O)[C@H](O[C@H]3CC[C@@]4(C)[C@@H](CC[C@@H]5[C@@H]4C(=O)C[C@]4(C)C6C(C[C@@H]54)O[C@]4(CC[C@@H](C)CO4)[C@H]6C)C3)O[C@@H]2COCOCC)[C@H](OC(C)=O)[C@@H](OC(C)=O)[C@@H]1OC(C)=O. The second kappa shape index (κ2) is 24.5. The molecule has 0 aromatic rings. The van der Waals surface area contributed by atoms with Crippen LogP contribution in [-0.2, 0) is 99.8 Å². The van der Waals surface area contributed by atoms with Crippen molar-refractivity contribution in [2.75, 3.05) is 46.6 Å². The molecule has 8 rings (SSSR count). The Hall–Kier alpha value is -3.38. The Morgan fingerprint density at radius 1 is 0.605 bits per heavy atom. The number of hydrogen-bond acceptors (Lipinski definition) is 21. The van der Waals surface area contributed by atoms with E-state index in [0.717, 1.165) is 52.9 Å². The smallest absolute Gasteiger partial charge is 0.303 e. The van der Waals surface area contributed by atoms with Crippen LogP contribution in [-0.4, -0.2) is 162 Å². The highest BCUT2D eigenvalue weighted by molar-refractivity contribution is 5.84. The van der Waals surface area contributed by atoms with Gasteiger partial charge in [-0.1, -0.05) is 27.7 Å². The van der Waals surface area contributed by atoms with Gasteiger partial charge in [-0.3, -0.25) is 28.8 Å². The normalized spacial score (nSPS) is 43.7. The number of esters is 5. The average molecular weight is 1080 g/mol. The van der Waals surface area contributed by atoms with E-state index < -0.39 is 103 Å². The highest BCUT2D eigenvalue weighted by atomic mass is 16.8. The van der Waals surface area contributed by atoms with Crippen LogP contribution < -0.4 is 0 Å². The summed E-state index contributed by atoms with van der Waals surface area (Å²) in [6.45, 7) is 19.0. The van der Waals surface area contributed by atoms with Crippen molar-refractivity contribution in [2.24, 2.45) is 52.3 Å². The first-order chi connectivity index (χ1) is 36.1. The minimum atomic E-state index is -1.67. The summed E-state index contributed by atoms with van der Waals surface area (Å²) in [5, 5.41) is 0. The lowest BCUT2D eigenvalue weighted by Gasteiger charge is -2.60. The lowest BCUT2D eigenvalue weighted by atomic mass is 9.44. The maximum Gasteiger partial charge on any atom is 0.303 e. The Labute approximate surface area is 446 Å². The van der Waals surface area contributed by atoms with Gasteiger partial charge < -0.3 is 71.1 Å².